The van der Waals surface area contributed by atoms with Crippen molar-refractivity contribution in [3.63, 3.8) is 0 Å². The van der Waals surface area contributed by atoms with Crippen LogP contribution in [0.4, 0.5) is 8.78 Å². The highest BCUT2D eigenvalue weighted by Crippen LogP contribution is 2.29. The molecule has 31 heavy (non-hydrogen) atoms. The zero-order valence-corrected chi connectivity index (χ0v) is 19.1. The van der Waals surface area contributed by atoms with Gasteiger partial charge in [0.05, 0.1) is 6.04 Å². The molecule has 2 atom stereocenters. The Bertz CT molecular complexity index is 836. The maximum atomic E-state index is 13.3. The van der Waals surface area contributed by atoms with Crippen LogP contribution >= 0.6 is 0 Å². The molecular formula is C25H34F2N2O2. The van der Waals surface area contributed by atoms with Crippen LogP contribution in [-0.2, 0) is 10.7 Å². The molecule has 1 aliphatic carbocycles. The third-order valence-electron chi connectivity index (χ3n) is 5.55. The molecule has 2 rings (SSSR count). The van der Waals surface area contributed by atoms with Gasteiger partial charge < -0.3 is 15.4 Å². The minimum absolute atomic E-state index is 0.0363. The SMILES string of the molecule is CCC(C)C(=O)C1=C(C)CC=CC(NC)/C1=C\NCCOc1ccc(C(C)(F)F)cc1. The van der Waals surface area contributed by atoms with Crippen LogP contribution < -0.4 is 15.4 Å². The van der Waals surface area contributed by atoms with Gasteiger partial charge in [0.15, 0.2) is 5.78 Å². The number of carbonyl (C=O) groups is 1. The Morgan fingerprint density at radius 1 is 1.32 bits per heavy atom. The van der Waals surface area contributed by atoms with E-state index in [0.29, 0.717) is 18.9 Å². The summed E-state index contributed by atoms with van der Waals surface area (Å²) in [6.45, 7) is 7.75. The maximum Gasteiger partial charge on any atom is 0.270 e. The molecule has 0 heterocycles. The van der Waals surface area contributed by atoms with E-state index in [4.69, 9.17) is 4.74 Å². The number of allylic oxidation sites excluding steroid dienone is 2. The van der Waals surface area contributed by atoms with Crippen LogP contribution in [0.5, 0.6) is 5.75 Å². The fourth-order valence-electron chi connectivity index (χ4n) is 3.44. The summed E-state index contributed by atoms with van der Waals surface area (Å²) in [5.41, 5.74) is 2.75. The molecule has 0 aliphatic heterocycles. The number of nitrogens with one attached hydrogen (secondary N) is 2. The van der Waals surface area contributed by atoms with Crippen molar-refractivity contribution >= 4 is 5.78 Å². The molecule has 170 valence electrons. The van der Waals surface area contributed by atoms with Crippen molar-refractivity contribution < 1.29 is 18.3 Å². The van der Waals surface area contributed by atoms with Crippen molar-refractivity contribution in [1.29, 1.82) is 0 Å². The first-order chi connectivity index (χ1) is 14.7. The molecule has 2 N–H and O–H groups in total. The van der Waals surface area contributed by atoms with Gasteiger partial charge in [0, 0.05) is 36.7 Å². The van der Waals surface area contributed by atoms with Gasteiger partial charge >= 0.3 is 0 Å². The monoisotopic (exact) mass is 432 g/mol. The summed E-state index contributed by atoms with van der Waals surface area (Å²) >= 11 is 0. The van der Waals surface area contributed by atoms with Gasteiger partial charge in [-0.15, -0.1) is 0 Å². The summed E-state index contributed by atoms with van der Waals surface area (Å²) in [7, 11) is 1.88. The average molecular weight is 433 g/mol. The Kier molecular flexibility index (Phi) is 8.99. The smallest absolute Gasteiger partial charge is 0.270 e. The Morgan fingerprint density at radius 2 is 2.00 bits per heavy atom. The molecule has 0 radical (unpaired) electrons. The van der Waals surface area contributed by atoms with Crippen molar-refractivity contribution in [2.75, 3.05) is 20.2 Å². The third kappa shape index (κ3) is 6.76. The van der Waals surface area contributed by atoms with Gasteiger partial charge in [-0.3, -0.25) is 4.79 Å². The highest BCUT2D eigenvalue weighted by atomic mass is 19.3. The quantitative estimate of drug-likeness (QED) is 0.398. The van der Waals surface area contributed by atoms with Crippen LogP contribution in [0.1, 0.15) is 46.1 Å². The number of ether oxygens (including phenoxy) is 1. The average Bonchev–Trinajstić information content (AvgIpc) is 2.90. The number of likely N-dealkylation sites (N-methyl/N-ethyl adjacent to an activating group) is 1. The Balaban J connectivity index is 2.05. The highest BCUT2D eigenvalue weighted by molar-refractivity contribution is 6.02. The molecule has 0 amide bonds. The fraction of sp³-hybridized carbons (Fsp3) is 0.480. The lowest BCUT2D eigenvalue weighted by molar-refractivity contribution is -0.118. The van der Waals surface area contributed by atoms with Gasteiger partial charge in [-0.1, -0.05) is 31.6 Å². The van der Waals surface area contributed by atoms with Gasteiger partial charge in [-0.25, -0.2) is 8.78 Å². The molecule has 2 unspecified atom stereocenters. The number of benzene rings is 1. The van der Waals surface area contributed by atoms with Gasteiger partial charge in [0.1, 0.15) is 12.4 Å². The number of hydrogen-bond donors (Lipinski definition) is 2. The number of halogens is 2. The second kappa shape index (κ2) is 11.2. The van der Waals surface area contributed by atoms with Crippen LogP contribution in [0.3, 0.4) is 0 Å². The number of alkyl halides is 2. The summed E-state index contributed by atoms with van der Waals surface area (Å²) in [4.78, 5) is 13.1. The molecule has 1 aliphatic rings. The van der Waals surface area contributed by atoms with E-state index in [1.54, 1.807) is 12.1 Å². The third-order valence-corrected chi connectivity index (χ3v) is 5.55. The fourth-order valence-corrected chi connectivity index (χ4v) is 3.44. The molecule has 0 bridgehead atoms. The first-order valence-corrected chi connectivity index (χ1v) is 10.8. The standard InChI is InChI=1S/C25H34F2N2O2/c1-6-17(2)24(30)23-18(3)8-7-9-22(28-5)21(23)16-29-14-15-31-20-12-10-19(11-13-20)25(4,26)27/h7,9-13,16-17,22,28-29H,6,8,14-15H2,1-5H3/b21-16+. The van der Waals surface area contributed by atoms with Crippen molar-refractivity contribution in [2.45, 2.75) is 52.5 Å². The second-order valence-electron chi connectivity index (χ2n) is 8.04. The number of hydrogen-bond acceptors (Lipinski definition) is 4. The van der Waals surface area contributed by atoms with Crippen molar-refractivity contribution in [3.8, 4) is 5.75 Å². The normalized spacial score (nSPS) is 19.3. The van der Waals surface area contributed by atoms with Gasteiger partial charge in [0.2, 0.25) is 0 Å². The molecule has 0 spiro atoms. The summed E-state index contributed by atoms with van der Waals surface area (Å²) < 4.78 is 32.2. The van der Waals surface area contributed by atoms with E-state index >= 15 is 0 Å². The van der Waals surface area contributed by atoms with E-state index in [-0.39, 0.29) is 23.3 Å². The number of ketones is 1. The van der Waals surface area contributed by atoms with E-state index < -0.39 is 5.92 Å². The van der Waals surface area contributed by atoms with Crippen LogP contribution in [0, 0.1) is 5.92 Å². The van der Waals surface area contributed by atoms with E-state index in [2.05, 4.69) is 22.8 Å². The molecule has 0 fully saturated rings. The largest absolute Gasteiger partial charge is 0.492 e. The van der Waals surface area contributed by atoms with Crippen molar-refractivity contribution in [2.24, 2.45) is 5.92 Å². The van der Waals surface area contributed by atoms with Crippen molar-refractivity contribution in [1.82, 2.24) is 10.6 Å². The molecule has 4 nitrogen and oxygen atoms in total. The summed E-state index contributed by atoms with van der Waals surface area (Å²) in [5.74, 6) is -2.19. The number of carbonyl (C=O) groups excluding carboxylic acids is 1. The van der Waals surface area contributed by atoms with E-state index in [1.165, 1.54) is 12.1 Å². The van der Waals surface area contributed by atoms with E-state index in [9.17, 15) is 13.6 Å². The Morgan fingerprint density at radius 3 is 2.58 bits per heavy atom. The highest BCUT2D eigenvalue weighted by Gasteiger charge is 2.26. The second-order valence-corrected chi connectivity index (χ2v) is 8.04. The topological polar surface area (TPSA) is 50.4 Å². The first kappa shape index (κ1) is 24.8. The molecule has 0 saturated carbocycles. The van der Waals surface area contributed by atoms with Gasteiger partial charge in [-0.2, -0.15) is 0 Å². The van der Waals surface area contributed by atoms with Crippen molar-refractivity contribution in [3.05, 3.63) is 64.9 Å². The van der Waals surface area contributed by atoms with Crippen LogP contribution in [0.25, 0.3) is 0 Å². The predicted molar refractivity (Wildman–Crippen MR) is 121 cm³/mol. The minimum Gasteiger partial charge on any atom is -0.492 e. The predicted octanol–water partition coefficient (Wildman–Crippen LogP) is 5.13. The molecule has 0 saturated heterocycles. The molecule has 1 aromatic carbocycles. The van der Waals surface area contributed by atoms with Gasteiger partial charge in [0.25, 0.3) is 5.92 Å². The summed E-state index contributed by atoms with van der Waals surface area (Å²) in [5, 5.41) is 6.51. The first-order valence-electron chi connectivity index (χ1n) is 10.8. The lowest BCUT2D eigenvalue weighted by Crippen LogP contribution is -2.31. The zero-order valence-electron chi connectivity index (χ0n) is 19.1. The summed E-state index contributed by atoms with van der Waals surface area (Å²) in [6.07, 6.45) is 7.61. The lowest BCUT2D eigenvalue weighted by atomic mass is 9.87. The summed E-state index contributed by atoms with van der Waals surface area (Å²) in [6, 6.07) is 5.79. The van der Waals surface area contributed by atoms with Crippen LogP contribution in [0.2, 0.25) is 0 Å². The lowest BCUT2D eigenvalue weighted by Gasteiger charge is -2.21. The maximum absolute atomic E-state index is 13.3. The van der Waals surface area contributed by atoms with Crippen LogP contribution in [-0.4, -0.2) is 32.0 Å². The Hall–Kier alpha value is -2.47. The molecule has 1 aromatic rings. The Labute approximate surface area is 184 Å². The number of Topliss-reactive ketones (excluding diaryl/α,β-unsaturated/α-hetero) is 1. The zero-order chi connectivity index (χ0) is 23.0. The van der Waals surface area contributed by atoms with E-state index in [0.717, 1.165) is 36.5 Å². The molecule has 6 heteroatoms. The van der Waals surface area contributed by atoms with E-state index in [1.807, 2.05) is 34.0 Å². The van der Waals surface area contributed by atoms with Crippen LogP contribution in [0.15, 0.2) is 59.3 Å². The van der Waals surface area contributed by atoms with Gasteiger partial charge in [-0.05, 0) is 56.7 Å². The minimum atomic E-state index is -2.86. The number of rotatable bonds is 10. The molecule has 0 aromatic heterocycles. The molecular weight excluding hydrogens is 398 g/mol.